The number of pyridine rings is 1. The molecule has 0 radical (unpaired) electrons. The number of anilines is 1. The average Bonchev–Trinajstić information content (AvgIpc) is 2.94. The number of benzene rings is 1. The predicted octanol–water partition coefficient (Wildman–Crippen LogP) is 3.89. The Hall–Kier alpha value is -2.03. The summed E-state index contributed by atoms with van der Waals surface area (Å²) in [7, 11) is 0. The number of hydrogen-bond donors (Lipinski definition) is 1. The Morgan fingerprint density at radius 1 is 1.35 bits per heavy atom. The van der Waals surface area contributed by atoms with Gasteiger partial charge in [-0.25, -0.2) is 0 Å². The second-order valence-corrected chi connectivity index (χ2v) is 5.21. The van der Waals surface area contributed by atoms with E-state index >= 15 is 0 Å². The molecular weight excluding hydrogens is 248 g/mol. The van der Waals surface area contributed by atoms with Crippen LogP contribution in [0, 0.1) is 6.92 Å². The van der Waals surface area contributed by atoms with Crippen molar-refractivity contribution >= 4 is 5.69 Å². The first kappa shape index (κ1) is 13.0. The molecule has 1 aliphatic heterocycles. The van der Waals surface area contributed by atoms with Gasteiger partial charge in [0.1, 0.15) is 5.75 Å². The first-order chi connectivity index (χ1) is 9.78. The van der Waals surface area contributed by atoms with Crippen molar-refractivity contribution in [2.75, 3.05) is 11.9 Å². The van der Waals surface area contributed by atoms with Crippen LogP contribution in [0.2, 0.25) is 0 Å². The highest BCUT2D eigenvalue weighted by atomic mass is 16.5. The van der Waals surface area contributed by atoms with Gasteiger partial charge in [0.2, 0.25) is 0 Å². The van der Waals surface area contributed by atoms with Crippen molar-refractivity contribution in [3.8, 4) is 5.75 Å². The van der Waals surface area contributed by atoms with E-state index in [1.807, 2.05) is 19.2 Å². The van der Waals surface area contributed by atoms with Crippen molar-refractivity contribution in [2.24, 2.45) is 0 Å². The Bertz CT molecular complexity index is 610. The summed E-state index contributed by atoms with van der Waals surface area (Å²) >= 11 is 0. The number of rotatable bonds is 4. The zero-order valence-corrected chi connectivity index (χ0v) is 12.0. The van der Waals surface area contributed by atoms with E-state index in [9.17, 15) is 0 Å². The highest BCUT2D eigenvalue weighted by molar-refractivity contribution is 5.50. The standard InChI is InChI=1S/C17H20N2O/c1-3-15(19-16-5-4-9-18-12(16)2)13-6-7-17-14(11-13)8-10-20-17/h4-7,9,11,15,19H,3,8,10H2,1-2H3. The lowest BCUT2D eigenvalue weighted by Crippen LogP contribution is -2.11. The summed E-state index contributed by atoms with van der Waals surface area (Å²) < 4.78 is 5.57. The Labute approximate surface area is 120 Å². The van der Waals surface area contributed by atoms with Crippen LogP contribution in [-0.4, -0.2) is 11.6 Å². The molecule has 0 fully saturated rings. The molecule has 3 nitrogen and oxygen atoms in total. The van der Waals surface area contributed by atoms with Gasteiger partial charge in [0.15, 0.2) is 0 Å². The van der Waals surface area contributed by atoms with E-state index in [1.54, 1.807) is 0 Å². The van der Waals surface area contributed by atoms with Gasteiger partial charge in [-0.15, -0.1) is 0 Å². The molecule has 3 heteroatoms. The maximum Gasteiger partial charge on any atom is 0.122 e. The number of fused-ring (bicyclic) bond motifs is 1. The molecule has 1 aliphatic rings. The summed E-state index contributed by atoms with van der Waals surface area (Å²) in [6, 6.07) is 10.9. The molecule has 104 valence electrons. The molecule has 1 aromatic carbocycles. The van der Waals surface area contributed by atoms with E-state index in [0.29, 0.717) is 6.04 Å². The van der Waals surface area contributed by atoms with Crippen molar-refractivity contribution in [3.05, 3.63) is 53.3 Å². The average molecular weight is 268 g/mol. The lowest BCUT2D eigenvalue weighted by molar-refractivity contribution is 0.357. The van der Waals surface area contributed by atoms with E-state index in [1.165, 1.54) is 11.1 Å². The van der Waals surface area contributed by atoms with Gasteiger partial charge < -0.3 is 10.1 Å². The van der Waals surface area contributed by atoms with Crippen LogP contribution in [0.25, 0.3) is 0 Å². The molecule has 20 heavy (non-hydrogen) atoms. The van der Waals surface area contributed by atoms with Crippen LogP contribution in [-0.2, 0) is 6.42 Å². The number of ether oxygens (including phenoxy) is 1. The fourth-order valence-corrected chi connectivity index (χ4v) is 2.67. The molecule has 1 unspecified atom stereocenters. The molecule has 0 spiro atoms. The molecule has 0 saturated carbocycles. The van der Waals surface area contributed by atoms with E-state index in [4.69, 9.17) is 4.74 Å². The number of nitrogens with zero attached hydrogens (tertiary/aromatic N) is 1. The Morgan fingerprint density at radius 2 is 2.25 bits per heavy atom. The monoisotopic (exact) mass is 268 g/mol. The molecular formula is C17H20N2O. The lowest BCUT2D eigenvalue weighted by Gasteiger charge is -2.20. The highest BCUT2D eigenvalue weighted by Gasteiger charge is 2.16. The summed E-state index contributed by atoms with van der Waals surface area (Å²) in [6.45, 7) is 5.05. The molecule has 2 heterocycles. The van der Waals surface area contributed by atoms with Crippen molar-refractivity contribution in [1.82, 2.24) is 4.98 Å². The normalized spacial score (nSPS) is 14.5. The summed E-state index contributed by atoms with van der Waals surface area (Å²) in [6.07, 6.45) is 3.88. The molecule has 0 saturated heterocycles. The predicted molar refractivity (Wildman–Crippen MR) is 81.3 cm³/mol. The van der Waals surface area contributed by atoms with Gasteiger partial charge in [0, 0.05) is 12.6 Å². The van der Waals surface area contributed by atoms with E-state index in [2.05, 4.69) is 41.5 Å². The van der Waals surface area contributed by atoms with Gasteiger partial charge in [-0.2, -0.15) is 0 Å². The minimum absolute atomic E-state index is 0.309. The molecule has 0 bridgehead atoms. The maximum absolute atomic E-state index is 5.57. The van der Waals surface area contributed by atoms with Crippen molar-refractivity contribution in [1.29, 1.82) is 0 Å². The summed E-state index contributed by atoms with van der Waals surface area (Å²) in [5.41, 5.74) is 4.79. The number of aryl methyl sites for hydroxylation is 1. The SMILES string of the molecule is CCC(Nc1cccnc1C)c1ccc2c(c1)CCO2. The van der Waals surface area contributed by atoms with Gasteiger partial charge >= 0.3 is 0 Å². The van der Waals surface area contributed by atoms with Crippen LogP contribution in [0.1, 0.15) is 36.2 Å². The molecule has 2 aromatic rings. The Kier molecular flexibility index (Phi) is 3.59. The smallest absolute Gasteiger partial charge is 0.122 e. The first-order valence-electron chi connectivity index (χ1n) is 7.21. The Morgan fingerprint density at radius 3 is 3.05 bits per heavy atom. The van der Waals surface area contributed by atoms with Gasteiger partial charge in [0.05, 0.1) is 24.0 Å². The van der Waals surface area contributed by atoms with E-state index < -0.39 is 0 Å². The number of aromatic nitrogens is 1. The third kappa shape index (κ3) is 2.48. The van der Waals surface area contributed by atoms with Crippen molar-refractivity contribution in [2.45, 2.75) is 32.7 Å². The molecule has 0 aliphatic carbocycles. The van der Waals surface area contributed by atoms with Crippen LogP contribution in [0.3, 0.4) is 0 Å². The maximum atomic E-state index is 5.57. The van der Waals surface area contributed by atoms with E-state index in [0.717, 1.165) is 36.6 Å². The van der Waals surface area contributed by atoms with Crippen LogP contribution in [0.15, 0.2) is 36.5 Å². The second-order valence-electron chi connectivity index (χ2n) is 5.21. The highest BCUT2D eigenvalue weighted by Crippen LogP contribution is 2.31. The minimum atomic E-state index is 0.309. The summed E-state index contributed by atoms with van der Waals surface area (Å²) in [5.74, 6) is 1.04. The molecule has 1 atom stereocenters. The zero-order chi connectivity index (χ0) is 13.9. The van der Waals surface area contributed by atoms with Crippen molar-refractivity contribution in [3.63, 3.8) is 0 Å². The molecule has 0 amide bonds. The minimum Gasteiger partial charge on any atom is -0.493 e. The van der Waals surface area contributed by atoms with Crippen LogP contribution in [0.5, 0.6) is 5.75 Å². The van der Waals surface area contributed by atoms with Gasteiger partial charge in [-0.05, 0) is 48.7 Å². The first-order valence-corrected chi connectivity index (χ1v) is 7.21. The second kappa shape index (κ2) is 5.53. The van der Waals surface area contributed by atoms with Crippen LogP contribution < -0.4 is 10.1 Å². The topological polar surface area (TPSA) is 34.2 Å². The fourth-order valence-electron chi connectivity index (χ4n) is 2.67. The van der Waals surface area contributed by atoms with E-state index in [-0.39, 0.29) is 0 Å². The quantitative estimate of drug-likeness (QED) is 0.913. The third-order valence-corrected chi connectivity index (χ3v) is 3.86. The summed E-state index contributed by atoms with van der Waals surface area (Å²) in [5, 5.41) is 3.60. The summed E-state index contributed by atoms with van der Waals surface area (Å²) in [4.78, 5) is 4.34. The molecule has 1 N–H and O–H groups in total. The fraction of sp³-hybridized carbons (Fsp3) is 0.353. The van der Waals surface area contributed by atoms with Crippen LogP contribution in [0.4, 0.5) is 5.69 Å². The number of nitrogens with one attached hydrogen (secondary N) is 1. The Balaban J connectivity index is 1.85. The van der Waals surface area contributed by atoms with Crippen molar-refractivity contribution < 1.29 is 4.74 Å². The lowest BCUT2D eigenvalue weighted by atomic mass is 10.0. The third-order valence-electron chi connectivity index (χ3n) is 3.86. The zero-order valence-electron chi connectivity index (χ0n) is 12.0. The van der Waals surface area contributed by atoms with Crippen LogP contribution >= 0.6 is 0 Å². The van der Waals surface area contributed by atoms with Gasteiger partial charge in [-0.1, -0.05) is 13.0 Å². The van der Waals surface area contributed by atoms with Gasteiger partial charge in [-0.3, -0.25) is 4.98 Å². The molecule has 1 aromatic heterocycles. The molecule has 3 rings (SSSR count). The van der Waals surface area contributed by atoms with Gasteiger partial charge in [0.25, 0.3) is 0 Å². The number of hydrogen-bond acceptors (Lipinski definition) is 3. The largest absolute Gasteiger partial charge is 0.493 e.